The van der Waals surface area contributed by atoms with E-state index in [1.165, 1.54) is 38.5 Å². The Balaban J connectivity index is 1.87. The predicted octanol–water partition coefficient (Wildman–Crippen LogP) is 4.34. The van der Waals surface area contributed by atoms with Gasteiger partial charge in [-0.3, -0.25) is 4.90 Å². The summed E-state index contributed by atoms with van der Waals surface area (Å²) in [6.07, 6.45) is 8.84. The monoisotopic (exact) mass is 283 g/mol. The van der Waals surface area contributed by atoms with Crippen LogP contribution in [0, 0.1) is 0 Å². The maximum absolute atomic E-state index is 2.55. The van der Waals surface area contributed by atoms with Crippen molar-refractivity contribution < 1.29 is 0 Å². The van der Waals surface area contributed by atoms with Gasteiger partial charge in [0, 0.05) is 6.54 Å². The molecule has 1 aromatic carbocycles. The molecule has 0 radical (unpaired) electrons. The second-order valence-corrected chi connectivity index (χ2v) is 7.07. The predicted molar refractivity (Wildman–Crippen MR) is 93.7 cm³/mol. The van der Waals surface area contributed by atoms with Crippen LogP contribution in [-0.4, -0.2) is 24.7 Å². The zero-order chi connectivity index (χ0) is 14.7. The van der Waals surface area contributed by atoms with Gasteiger partial charge in [-0.15, -0.1) is 0 Å². The van der Waals surface area contributed by atoms with Crippen LogP contribution in [0.25, 0.3) is 0 Å². The van der Waals surface area contributed by atoms with Crippen LogP contribution in [0.5, 0.6) is 0 Å². The maximum Gasteiger partial charge on any atom is 0.182 e. The average Bonchev–Trinajstić information content (AvgIpc) is 2.52. The highest BCUT2D eigenvalue weighted by Gasteiger charge is 2.40. The fraction of sp³-hybridized carbons (Fsp3) is 0.684. The van der Waals surface area contributed by atoms with Crippen molar-refractivity contribution in [3.05, 3.63) is 29.8 Å². The zero-order valence-corrected chi connectivity index (χ0v) is 13.9. The van der Waals surface area contributed by atoms with E-state index in [4.69, 9.17) is 0 Å². The molecule has 2 aliphatic rings. The van der Waals surface area contributed by atoms with Gasteiger partial charge in [0.1, 0.15) is 0 Å². The Morgan fingerprint density at radius 1 is 0.952 bits per heavy atom. The molecule has 2 saturated heterocycles. The molecule has 2 bridgehead atoms. The lowest BCUT2D eigenvalue weighted by atomic mass is 9.24. The van der Waals surface area contributed by atoms with Crippen LogP contribution in [0.3, 0.4) is 0 Å². The van der Waals surface area contributed by atoms with Gasteiger partial charge in [0.25, 0.3) is 0 Å². The second kappa shape index (κ2) is 7.00. The van der Waals surface area contributed by atoms with Crippen LogP contribution in [0.4, 0.5) is 0 Å². The van der Waals surface area contributed by atoms with E-state index in [-0.39, 0.29) is 0 Å². The normalized spacial score (nSPS) is 25.4. The Hall–Kier alpha value is -0.755. The molecule has 0 amide bonds. The highest BCUT2D eigenvalue weighted by atomic mass is 15.1. The zero-order valence-electron chi connectivity index (χ0n) is 13.9. The van der Waals surface area contributed by atoms with Gasteiger partial charge in [0.15, 0.2) is 6.71 Å². The molecule has 2 heterocycles. The van der Waals surface area contributed by atoms with Crippen molar-refractivity contribution in [2.24, 2.45) is 0 Å². The minimum absolute atomic E-state index is 0.860. The van der Waals surface area contributed by atoms with Crippen molar-refractivity contribution in [3.63, 3.8) is 0 Å². The molecule has 1 aromatic rings. The number of hydrogen-bond acceptors (Lipinski definition) is 1. The third-order valence-electron chi connectivity index (χ3n) is 6.02. The van der Waals surface area contributed by atoms with Gasteiger partial charge in [-0.25, -0.2) is 0 Å². The van der Waals surface area contributed by atoms with Gasteiger partial charge in [-0.1, -0.05) is 93.7 Å². The van der Waals surface area contributed by atoms with Gasteiger partial charge in [-0.05, 0) is 18.7 Å². The second-order valence-electron chi connectivity index (χ2n) is 7.07. The average molecular weight is 283 g/mol. The summed E-state index contributed by atoms with van der Waals surface area (Å²) in [6, 6.07) is 9.34. The molecule has 2 fully saturated rings. The Morgan fingerprint density at radius 3 is 2.10 bits per heavy atom. The summed E-state index contributed by atoms with van der Waals surface area (Å²) in [5.41, 5.74) is 3.30. The van der Waals surface area contributed by atoms with Gasteiger partial charge in [0.05, 0.1) is 0 Å². The summed E-state index contributed by atoms with van der Waals surface area (Å²) < 4.78 is 0. The van der Waals surface area contributed by atoms with Crippen LogP contribution >= 0.6 is 0 Å². The van der Waals surface area contributed by atoms with E-state index in [0.717, 1.165) is 38.0 Å². The van der Waals surface area contributed by atoms with Crippen molar-refractivity contribution in [3.8, 4) is 0 Å². The lowest BCUT2D eigenvalue weighted by Crippen LogP contribution is -2.46. The van der Waals surface area contributed by atoms with E-state index in [9.17, 15) is 0 Å². The number of benzene rings is 1. The first kappa shape index (κ1) is 15.2. The first-order valence-electron chi connectivity index (χ1n) is 9.13. The van der Waals surface area contributed by atoms with E-state index in [2.05, 4.69) is 43.0 Å². The van der Waals surface area contributed by atoms with Crippen molar-refractivity contribution in [1.82, 2.24) is 4.90 Å². The van der Waals surface area contributed by atoms with Crippen LogP contribution in [0.2, 0.25) is 11.6 Å². The Morgan fingerprint density at radius 2 is 1.52 bits per heavy atom. The van der Waals surface area contributed by atoms with Crippen LogP contribution < -0.4 is 5.46 Å². The van der Waals surface area contributed by atoms with Gasteiger partial charge < -0.3 is 0 Å². The first-order chi connectivity index (χ1) is 10.3. The number of fused-ring (bicyclic) bond motifs is 2. The third-order valence-corrected chi connectivity index (χ3v) is 6.02. The summed E-state index contributed by atoms with van der Waals surface area (Å²) >= 11 is 0. The van der Waals surface area contributed by atoms with Crippen LogP contribution in [-0.2, 0) is 6.54 Å². The molecule has 3 rings (SSSR count). The van der Waals surface area contributed by atoms with E-state index < -0.39 is 0 Å². The Kier molecular flexibility index (Phi) is 5.05. The molecule has 0 aromatic heterocycles. The number of hydrogen-bond donors (Lipinski definition) is 0. The number of nitrogens with zero attached hydrogens (tertiary/aromatic N) is 1. The molecule has 0 spiro atoms. The van der Waals surface area contributed by atoms with Gasteiger partial charge in [-0.2, -0.15) is 0 Å². The summed E-state index contributed by atoms with van der Waals surface area (Å²) in [7, 11) is 0. The molecule has 2 aliphatic heterocycles. The summed E-state index contributed by atoms with van der Waals surface area (Å²) in [5.74, 6) is 1.94. The summed E-state index contributed by atoms with van der Waals surface area (Å²) in [6.45, 7) is 8.87. The molecule has 0 aliphatic carbocycles. The molecular formula is C19H30BN. The highest BCUT2D eigenvalue weighted by molar-refractivity contribution is 6.76. The van der Waals surface area contributed by atoms with Crippen LogP contribution in [0.15, 0.2) is 24.3 Å². The molecule has 0 unspecified atom stereocenters. The lowest BCUT2D eigenvalue weighted by Gasteiger charge is -2.41. The Labute approximate surface area is 131 Å². The molecule has 1 nitrogen and oxygen atoms in total. The minimum atomic E-state index is 0.860. The molecule has 114 valence electrons. The van der Waals surface area contributed by atoms with E-state index in [0.29, 0.717) is 0 Å². The summed E-state index contributed by atoms with van der Waals surface area (Å²) in [5, 5.41) is 0. The first-order valence-corrected chi connectivity index (χ1v) is 9.13. The molecule has 0 atom stereocenters. The van der Waals surface area contributed by atoms with Crippen molar-refractivity contribution >= 4 is 12.2 Å². The Bertz CT molecular complexity index is 433. The van der Waals surface area contributed by atoms with E-state index in [1.807, 2.05) is 0 Å². The van der Waals surface area contributed by atoms with Crippen molar-refractivity contribution in [2.45, 2.75) is 70.6 Å². The summed E-state index contributed by atoms with van der Waals surface area (Å²) in [4.78, 5) is 2.55. The maximum atomic E-state index is 2.55. The fourth-order valence-corrected chi connectivity index (χ4v) is 4.88. The largest absolute Gasteiger partial charge is 0.300 e. The van der Waals surface area contributed by atoms with Crippen molar-refractivity contribution in [2.75, 3.05) is 13.1 Å². The van der Waals surface area contributed by atoms with E-state index in [1.54, 1.807) is 11.0 Å². The molecular weight excluding hydrogens is 253 g/mol. The van der Waals surface area contributed by atoms with Gasteiger partial charge >= 0.3 is 0 Å². The minimum Gasteiger partial charge on any atom is -0.300 e. The quantitative estimate of drug-likeness (QED) is 0.727. The smallest absolute Gasteiger partial charge is 0.182 e. The molecule has 0 saturated carbocycles. The standard InChI is InChI=1S/C19H30BN/c1-3-21(4-2)15-16-9-5-6-14-19(16)20-17-10-7-11-18(20)13-8-12-17/h5-6,9,14,17-18H,3-4,7-8,10-13,15H2,1-2H3. The SMILES string of the molecule is CCN(CC)Cc1ccccc1B1C2CCCC1CCC2. The molecule has 21 heavy (non-hydrogen) atoms. The third kappa shape index (κ3) is 3.21. The topological polar surface area (TPSA) is 3.24 Å². The van der Waals surface area contributed by atoms with Gasteiger partial charge in [0.2, 0.25) is 0 Å². The number of rotatable bonds is 5. The van der Waals surface area contributed by atoms with E-state index >= 15 is 0 Å². The molecule has 2 heteroatoms. The van der Waals surface area contributed by atoms with Crippen LogP contribution in [0.1, 0.15) is 57.9 Å². The molecule has 0 N–H and O–H groups in total. The highest BCUT2D eigenvalue weighted by Crippen LogP contribution is 2.46. The van der Waals surface area contributed by atoms with Crippen molar-refractivity contribution in [1.29, 1.82) is 0 Å². The fourth-order valence-electron chi connectivity index (χ4n) is 4.88. The lowest BCUT2D eigenvalue weighted by molar-refractivity contribution is 0.296.